The van der Waals surface area contributed by atoms with Crippen molar-refractivity contribution in [1.29, 1.82) is 0 Å². The second kappa shape index (κ2) is 9.71. The van der Waals surface area contributed by atoms with Crippen molar-refractivity contribution in [3.05, 3.63) is 71.8 Å². The summed E-state index contributed by atoms with van der Waals surface area (Å²) in [6.45, 7) is 3.70. The van der Waals surface area contributed by atoms with E-state index in [4.69, 9.17) is 4.74 Å². The molecule has 6 heteroatoms. The van der Waals surface area contributed by atoms with Crippen LogP contribution in [0.25, 0.3) is 10.8 Å². The first-order valence-electron chi connectivity index (χ1n) is 9.57. The Labute approximate surface area is 169 Å². The minimum absolute atomic E-state index is 0.0932. The molecule has 2 amide bonds. The molecule has 0 bridgehead atoms. The van der Waals surface area contributed by atoms with Gasteiger partial charge in [0.15, 0.2) is 0 Å². The van der Waals surface area contributed by atoms with Gasteiger partial charge >= 0.3 is 0 Å². The predicted molar refractivity (Wildman–Crippen MR) is 113 cm³/mol. The van der Waals surface area contributed by atoms with Gasteiger partial charge in [0, 0.05) is 31.0 Å². The fourth-order valence-corrected chi connectivity index (χ4v) is 2.97. The molecule has 3 N–H and O–H groups in total. The Morgan fingerprint density at radius 2 is 1.72 bits per heavy atom. The number of phenols is 1. The van der Waals surface area contributed by atoms with Crippen LogP contribution in [0.15, 0.2) is 60.7 Å². The molecule has 0 unspecified atom stereocenters. The highest BCUT2D eigenvalue weighted by atomic mass is 16.5. The van der Waals surface area contributed by atoms with E-state index < -0.39 is 5.91 Å². The highest BCUT2D eigenvalue weighted by Crippen LogP contribution is 2.26. The number of rotatable bonds is 8. The summed E-state index contributed by atoms with van der Waals surface area (Å²) in [7, 11) is 0. The van der Waals surface area contributed by atoms with E-state index in [1.54, 1.807) is 36.4 Å². The molecule has 0 saturated heterocycles. The number of hydrogen-bond donors (Lipinski definition) is 3. The maximum Gasteiger partial charge on any atom is 0.259 e. The molecule has 0 spiro atoms. The average molecular weight is 392 g/mol. The van der Waals surface area contributed by atoms with Crippen LogP contribution in [0.3, 0.4) is 0 Å². The Bertz CT molecular complexity index is 1020. The van der Waals surface area contributed by atoms with Crippen LogP contribution in [0.1, 0.15) is 34.1 Å². The van der Waals surface area contributed by atoms with Gasteiger partial charge < -0.3 is 20.5 Å². The summed E-state index contributed by atoms with van der Waals surface area (Å²) in [6, 6.07) is 17.4. The van der Waals surface area contributed by atoms with Crippen molar-refractivity contribution in [1.82, 2.24) is 5.32 Å². The van der Waals surface area contributed by atoms with Crippen molar-refractivity contribution < 1.29 is 19.4 Å². The molecule has 3 aromatic rings. The van der Waals surface area contributed by atoms with E-state index in [1.165, 1.54) is 0 Å². The fourth-order valence-electron chi connectivity index (χ4n) is 2.97. The maximum atomic E-state index is 12.6. The van der Waals surface area contributed by atoms with E-state index in [0.29, 0.717) is 31.0 Å². The molecule has 0 aliphatic rings. The standard InChI is InChI=1S/C23H24N2O4/c1-2-29-12-6-11-24-22(27)18-9-5-10-19(13-18)25-23(28)20-14-16-7-3-4-8-17(16)15-21(20)26/h3-5,7-10,13-15,26H,2,6,11-12H2,1H3,(H,24,27)(H,25,28). The van der Waals surface area contributed by atoms with Gasteiger partial charge in [-0.25, -0.2) is 0 Å². The van der Waals surface area contributed by atoms with Gasteiger partial charge in [-0.05, 0) is 54.4 Å². The first kappa shape index (κ1) is 20.4. The number of fused-ring (bicyclic) bond motifs is 1. The van der Waals surface area contributed by atoms with Crippen LogP contribution in [0.5, 0.6) is 5.75 Å². The molecule has 0 heterocycles. The average Bonchev–Trinajstić information content (AvgIpc) is 2.73. The zero-order valence-corrected chi connectivity index (χ0v) is 16.3. The van der Waals surface area contributed by atoms with Gasteiger partial charge in [0.1, 0.15) is 5.75 Å². The van der Waals surface area contributed by atoms with Crippen LogP contribution in [0, 0.1) is 0 Å². The lowest BCUT2D eigenvalue weighted by Crippen LogP contribution is -2.25. The summed E-state index contributed by atoms with van der Waals surface area (Å²) in [5.74, 6) is -0.752. The van der Waals surface area contributed by atoms with Gasteiger partial charge in [-0.2, -0.15) is 0 Å². The molecule has 0 aliphatic carbocycles. The Kier molecular flexibility index (Phi) is 6.81. The van der Waals surface area contributed by atoms with Crippen LogP contribution >= 0.6 is 0 Å². The Balaban J connectivity index is 1.67. The van der Waals surface area contributed by atoms with Crippen molar-refractivity contribution in [2.24, 2.45) is 0 Å². The van der Waals surface area contributed by atoms with Crippen LogP contribution in [0.4, 0.5) is 5.69 Å². The number of aromatic hydroxyl groups is 1. The minimum atomic E-state index is -0.442. The van der Waals surface area contributed by atoms with Crippen LogP contribution in [-0.4, -0.2) is 36.7 Å². The van der Waals surface area contributed by atoms with E-state index in [-0.39, 0.29) is 17.2 Å². The number of carbonyl (C=O) groups excluding carboxylic acids is 2. The number of amides is 2. The van der Waals surface area contributed by atoms with E-state index >= 15 is 0 Å². The first-order valence-corrected chi connectivity index (χ1v) is 9.57. The highest BCUT2D eigenvalue weighted by molar-refractivity contribution is 6.09. The van der Waals surface area contributed by atoms with Gasteiger partial charge in [-0.3, -0.25) is 9.59 Å². The lowest BCUT2D eigenvalue weighted by Gasteiger charge is -2.10. The van der Waals surface area contributed by atoms with Crippen molar-refractivity contribution in [2.45, 2.75) is 13.3 Å². The van der Waals surface area contributed by atoms with Crippen molar-refractivity contribution in [3.63, 3.8) is 0 Å². The summed E-state index contributed by atoms with van der Waals surface area (Å²) < 4.78 is 5.24. The summed E-state index contributed by atoms with van der Waals surface area (Å²) >= 11 is 0. The van der Waals surface area contributed by atoms with E-state index in [2.05, 4.69) is 10.6 Å². The summed E-state index contributed by atoms with van der Waals surface area (Å²) in [5, 5.41) is 17.5. The third-order valence-corrected chi connectivity index (χ3v) is 4.45. The number of benzene rings is 3. The highest BCUT2D eigenvalue weighted by Gasteiger charge is 2.14. The topological polar surface area (TPSA) is 87.7 Å². The zero-order valence-electron chi connectivity index (χ0n) is 16.3. The molecule has 0 atom stereocenters. The van der Waals surface area contributed by atoms with Crippen molar-refractivity contribution in [2.75, 3.05) is 25.1 Å². The Morgan fingerprint density at radius 1 is 0.966 bits per heavy atom. The van der Waals surface area contributed by atoms with Crippen LogP contribution in [0.2, 0.25) is 0 Å². The fraction of sp³-hybridized carbons (Fsp3) is 0.217. The molecule has 6 nitrogen and oxygen atoms in total. The second-order valence-corrected chi connectivity index (χ2v) is 6.56. The molecule has 0 aromatic heterocycles. The molecule has 0 fully saturated rings. The third kappa shape index (κ3) is 5.33. The molecular weight excluding hydrogens is 368 g/mol. The Morgan fingerprint density at radius 3 is 2.48 bits per heavy atom. The zero-order chi connectivity index (χ0) is 20.6. The van der Waals surface area contributed by atoms with E-state index in [1.807, 2.05) is 31.2 Å². The molecule has 3 rings (SSSR count). The van der Waals surface area contributed by atoms with Crippen LogP contribution in [-0.2, 0) is 4.74 Å². The number of ether oxygens (including phenoxy) is 1. The predicted octanol–water partition coefficient (Wildman–Crippen LogP) is 3.95. The number of phenolic OH excluding ortho intramolecular Hbond substituents is 1. The monoisotopic (exact) mass is 392 g/mol. The lowest BCUT2D eigenvalue weighted by atomic mass is 10.1. The third-order valence-electron chi connectivity index (χ3n) is 4.45. The minimum Gasteiger partial charge on any atom is -0.507 e. The largest absolute Gasteiger partial charge is 0.507 e. The van der Waals surface area contributed by atoms with E-state index in [0.717, 1.165) is 17.2 Å². The van der Waals surface area contributed by atoms with Gasteiger partial charge in [-0.1, -0.05) is 30.3 Å². The summed E-state index contributed by atoms with van der Waals surface area (Å²) in [6.07, 6.45) is 0.733. The molecule has 0 radical (unpaired) electrons. The smallest absolute Gasteiger partial charge is 0.259 e. The number of hydrogen-bond acceptors (Lipinski definition) is 4. The maximum absolute atomic E-state index is 12.6. The summed E-state index contributed by atoms with van der Waals surface area (Å²) in [5.41, 5.74) is 1.10. The molecule has 3 aromatic carbocycles. The number of nitrogens with one attached hydrogen (secondary N) is 2. The molecule has 150 valence electrons. The van der Waals surface area contributed by atoms with Gasteiger partial charge in [0.25, 0.3) is 11.8 Å². The molecule has 0 aliphatic heterocycles. The molecule has 29 heavy (non-hydrogen) atoms. The Hall–Kier alpha value is -3.38. The molecule has 0 saturated carbocycles. The first-order chi connectivity index (χ1) is 14.1. The quantitative estimate of drug-likeness (QED) is 0.507. The SMILES string of the molecule is CCOCCCNC(=O)c1cccc(NC(=O)c2cc3ccccc3cc2O)c1. The van der Waals surface area contributed by atoms with Crippen LogP contribution < -0.4 is 10.6 Å². The molecular formula is C23H24N2O4. The van der Waals surface area contributed by atoms with Crippen molar-refractivity contribution >= 4 is 28.3 Å². The second-order valence-electron chi connectivity index (χ2n) is 6.56. The normalized spacial score (nSPS) is 10.7. The summed E-state index contributed by atoms with van der Waals surface area (Å²) in [4.78, 5) is 24.9. The van der Waals surface area contributed by atoms with E-state index in [9.17, 15) is 14.7 Å². The number of carbonyl (C=O) groups is 2. The van der Waals surface area contributed by atoms with Gasteiger partial charge in [0.2, 0.25) is 0 Å². The van der Waals surface area contributed by atoms with Crippen molar-refractivity contribution in [3.8, 4) is 5.75 Å². The lowest BCUT2D eigenvalue weighted by molar-refractivity contribution is 0.0942. The van der Waals surface area contributed by atoms with Gasteiger partial charge in [-0.15, -0.1) is 0 Å². The number of anilines is 1. The van der Waals surface area contributed by atoms with Gasteiger partial charge in [0.05, 0.1) is 5.56 Å².